The third-order valence-corrected chi connectivity index (χ3v) is 5.73. The molecule has 0 radical (unpaired) electrons. The van der Waals surface area contributed by atoms with Crippen molar-refractivity contribution in [2.45, 2.75) is 13.0 Å². The molecular formula is C15H13NOSe. The molecular weight excluding hydrogens is 289 g/mol. The zero-order chi connectivity index (χ0) is 12.5. The van der Waals surface area contributed by atoms with E-state index in [2.05, 4.69) is 25.1 Å². The van der Waals surface area contributed by atoms with E-state index >= 15 is 0 Å². The van der Waals surface area contributed by atoms with Gasteiger partial charge in [0.15, 0.2) is 0 Å². The molecule has 0 spiro atoms. The van der Waals surface area contributed by atoms with E-state index in [4.69, 9.17) is 0 Å². The van der Waals surface area contributed by atoms with Gasteiger partial charge in [-0.05, 0) is 0 Å². The van der Waals surface area contributed by atoms with Crippen LogP contribution >= 0.6 is 0 Å². The maximum absolute atomic E-state index is 12.4. The number of benzene rings is 2. The summed E-state index contributed by atoms with van der Waals surface area (Å²) in [6.07, 6.45) is 0. The first kappa shape index (κ1) is 11.5. The van der Waals surface area contributed by atoms with Gasteiger partial charge in [0, 0.05) is 0 Å². The third kappa shape index (κ3) is 1.86. The fourth-order valence-electron chi connectivity index (χ4n) is 2.11. The molecule has 0 amide bonds. The van der Waals surface area contributed by atoms with Crippen molar-refractivity contribution in [3.05, 3.63) is 70.5 Å². The molecule has 18 heavy (non-hydrogen) atoms. The fraction of sp³-hybridized carbons (Fsp3) is 0.133. The predicted molar refractivity (Wildman–Crippen MR) is 75.4 cm³/mol. The molecule has 0 aliphatic rings. The Morgan fingerprint density at radius 3 is 2.39 bits per heavy atom. The molecule has 1 heterocycles. The van der Waals surface area contributed by atoms with Crippen molar-refractivity contribution >= 4 is 24.4 Å². The quantitative estimate of drug-likeness (QED) is 0.667. The summed E-state index contributed by atoms with van der Waals surface area (Å²) in [5, 5.41) is 0.875. The molecule has 0 unspecified atom stereocenters. The minimum absolute atomic E-state index is 0.100. The van der Waals surface area contributed by atoms with E-state index < -0.39 is 0 Å². The Morgan fingerprint density at radius 1 is 1.00 bits per heavy atom. The Kier molecular flexibility index (Phi) is 2.94. The molecule has 1 atom stereocenters. The topological polar surface area (TPSA) is 22.0 Å². The Hall–Kier alpha value is -1.57. The van der Waals surface area contributed by atoms with Gasteiger partial charge < -0.3 is 0 Å². The van der Waals surface area contributed by atoms with E-state index in [-0.39, 0.29) is 26.3 Å². The van der Waals surface area contributed by atoms with Gasteiger partial charge in [-0.15, -0.1) is 0 Å². The zero-order valence-corrected chi connectivity index (χ0v) is 11.8. The molecule has 0 N–H and O–H groups in total. The summed E-state index contributed by atoms with van der Waals surface area (Å²) in [6.45, 7) is 2.10. The van der Waals surface area contributed by atoms with Gasteiger partial charge >= 0.3 is 111 Å². The van der Waals surface area contributed by atoms with Crippen LogP contribution < -0.4 is 5.56 Å². The Balaban J connectivity index is 2.15. The first-order valence-electron chi connectivity index (χ1n) is 5.93. The summed E-state index contributed by atoms with van der Waals surface area (Å²) in [4.78, 5) is 12.4. The number of hydrogen-bond donors (Lipinski definition) is 0. The normalized spacial score (nSPS) is 12.7. The monoisotopic (exact) mass is 303 g/mol. The van der Waals surface area contributed by atoms with Crippen LogP contribution in [-0.4, -0.2) is 18.3 Å². The molecule has 0 fully saturated rings. The van der Waals surface area contributed by atoms with Gasteiger partial charge in [0.1, 0.15) is 0 Å². The Labute approximate surface area is 111 Å². The van der Waals surface area contributed by atoms with Crippen molar-refractivity contribution in [1.29, 1.82) is 0 Å². The zero-order valence-electron chi connectivity index (χ0n) is 10.0. The summed E-state index contributed by atoms with van der Waals surface area (Å²) in [6, 6.07) is 18.3. The minimum atomic E-state index is 0.100. The van der Waals surface area contributed by atoms with Crippen molar-refractivity contribution in [1.82, 2.24) is 3.56 Å². The fourth-order valence-corrected chi connectivity index (χ4v) is 4.35. The molecule has 3 heteroatoms. The van der Waals surface area contributed by atoms with Crippen LogP contribution in [0.5, 0.6) is 0 Å². The van der Waals surface area contributed by atoms with E-state index in [0.717, 1.165) is 5.39 Å². The molecule has 0 bridgehead atoms. The van der Waals surface area contributed by atoms with Crippen molar-refractivity contribution in [3.8, 4) is 0 Å². The van der Waals surface area contributed by atoms with E-state index in [9.17, 15) is 4.79 Å². The predicted octanol–water partition coefficient (Wildman–Crippen LogP) is 2.67. The van der Waals surface area contributed by atoms with Crippen LogP contribution in [0, 0.1) is 0 Å². The van der Waals surface area contributed by atoms with Crippen LogP contribution in [-0.2, 0) is 0 Å². The molecule has 1 aromatic heterocycles. The molecule has 0 aliphatic carbocycles. The summed E-state index contributed by atoms with van der Waals surface area (Å²) in [5.74, 6) is 0. The van der Waals surface area contributed by atoms with E-state index in [1.54, 1.807) is 0 Å². The molecule has 2 aromatic carbocycles. The van der Waals surface area contributed by atoms with Crippen LogP contribution in [0.3, 0.4) is 0 Å². The van der Waals surface area contributed by atoms with Crippen LogP contribution in [0.4, 0.5) is 0 Å². The number of hydrogen-bond acceptors (Lipinski definition) is 1. The molecule has 0 aliphatic heterocycles. The first-order chi connectivity index (χ1) is 8.77. The Morgan fingerprint density at radius 2 is 1.67 bits per heavy atom. The standard InChI is InChI=1S/C15H13NOSe/c1-11(12-7-3-2-4-8-12)16-15(17)13-9-5-6-10-14(13)18-16/h2-11H,1H3/t11-/m0/s1. The van der Waals surface area contributed by atoms with Crippen molar-refractivity contribution < 1.29 is 0 Å². The van der Waals surface area contributed by atoms with Gasteiger partial charge in [0.25, 0.3) is 0 Å². The van der Waals surface area contributed by atoms with Crippen molar-refractivity contribution in [2.75, 3.05) is 0 Å². The summed E-state index contributed by atoms with van der Waals surface area (Å²) >= 11 is 0.100. The van der Waals surface area contributed by atoms with Crippen LogP contribution in [0.2, 0.25) is 0 Å². The average molecular weight is 302 g/mol. The summed E-state index contributed by atoms with van der Waals surface area (Å²) in [7, 11) is 0. The molecule has 0 saturated heterocycles. The summed E-state index contributed by atoms with van der Waals surface area (Å²) < 4.78 is 3.19. The van der Waals surface area contributed by atoms with E-state index in [0.29, 0.717) is 0 Å². The second kappa shape index (κ2) is 4.60. The van der Waals surface area contributed by atoms with E-state index in [1.807, 2.05) is 40.0 Å². The van der Waals surface area contributed by atoms with Gasteiger partial charge in [-0.3, -0.25) is 0 Å². The maximum atomic E-state index is 12.4. The third-order valence-electron chi connectivity index (χ3n) is 3.15. The molecule has 0 saturated carbocycles. The molecule has 3 aromatic rings. The van der Waals surface area contributed by atoms with Crippen LogP contribution in [0.25, 0.3) is 9.65 Å². The second-order valence-electron chi connectivity index (χ2n) is 4.31. The van der Waals surface area contributed by atoms with Gasteiger partial charge in [-0.1, -0.05) is 0 Å². The Bertz CT molecular complexity index is 727. The average Bonchev–Trinajstić information content (AvgIpc) is 2.77. The van der Waals surface area contributed by atoms with Gasteiger partial charge in [-0.25, -0.2) is 0 Å². The van der Waals surface area contributed by atoms with Crippen LogP contribution in [0.1, 0.15) is 18.5 Å². The van der Waals surface area contributed by atoms with Crippen molar-refractivity contribution in [3.63, 3.8) is 0 Å². The second-order valence-corrected chi connectivity index (χ2v) is 6.44. The van der Waals surface area contributed by atoms with Gasteiger partial charge in [0.2, 0.25) is 0 Å². The van der Waals surface area contributed by atoms with Gasteiger partial charge in [-0.2, -0.15) is 0 Å². The number of aromatic nitrogens is 1. The SMILES string of the molecule is C[C@@H](c1ccccc1)n1[se]c2ccccc2c1=O. The van der Waals surface area contributed by atoms with Crippen molar-refractivity contribution in [2.24, 2.45) is 0 Å². The molecule has 3 rings (SSSR count). The molecule has 2 nitrogen and oxygen atoms in total. The van der Waals surface area contributed by atoms with Gasteiger partial charge in [0.05, 0.1) is 0 Å². The van der Waals surface area contributed by atoms with E-state index in [1.165, 1.54) is 9.82 Å². The molecule has 90 valence electrons. The number of nitrogens with zero attached hydrogens (tertiary/aromatic N) is 1. The number of fused-ring (bicyclic) bond motifs is 1. The first-order valence-corrected chi connectivity index (χ1v) is 7.55. The number of rotatable bonds is 2. The summed E-state index contributed by atoms with van der Waals surface area (Å²) in [5.41, 5.74) is 1.36. The van der Waals surface area contributed by atoms with Crippen LogP contribution in [0.15, 0.2) is 59.4 Å².